The second-order valence-corrected chi connectivity index (χ2v) is 8.88. The van der Waals surface area contributed by atoms with Crippen LogP contribution in [-0.2, 0) is 0 Å². The molecule has 0 radical (unpaired) electrons. The zero-order valence-corrected chi connectivity index (χ0v) is 10.4. The zero-order valence-electron chi connectivity index (χ0n) is 6.32. The summed E-state index contributed by atoms with van der Waals surface area (Å²) in [6.45, 7) is 7.15. The van der Waals surface area contributed by atoms with E-state index < -0.39 is 7.26 Å². The van der Waals surface area contributed by atoms with E-state index in [0.29, 0.717) is 0 Å². The summed E-state index contributed by atoms with van der Waals surface area (Å²) in [5, 5.41) is 1.17. The van der Waals surface area contributed by atoms with Crippen LogP contribution in [0.1, 0.15) is 6.42 Å². The predicted octanol–water partition coefficient (Wildman–Crippen LogP) is -0.318. The molecule has 0 saturated heterocycles. The van der Waals surface area contributed by atoms with Crippen LogP contribution in [0.3, 0.4) is 0 Å². The molecular weight excluding hydrogens is 263 g/mol. The van der Waals surface area contributed by atoms with E-state index in [9.17, 15) is 0 Å². The van der Waals surface area contributed by atoms with Gasteiger partial charge in [0.15, 0.2) is 0 Å². The molecule has 9 heavy (non-hydrogen) atoms. The van der Waals surface area contributed by atoms with Crippen LogP contribution in [0.4, 0.5) is 0 Å². The molecule has 3 heteroatoms. The summed E-state index contributed by atoms with van der Waals surface area (Å²) in [4.78, 5) is 0. The number of halogens is 2. The van der Waals surface area contributed by atoms with Gasteiger partial charge in [-0.2, -0.15) is 0 Å². The summed E-state index contributed by atoms with van der Waals surface area (Å²) in [7, 11) is -0.462. The smallest absolute Gasteiger partial charge is 0.0594 e. The minimum absolute atomic E-state index is 0. The molecule has 0 aromatic carbocycles. The van der Waals surface area contributed by atoms with E-state index in [1.54, 1.807) is 0 Å². The number of hydrogen-bond donors (Lipinski definition) is 0. The van der Waals surface area contributed by atoms with Gasteiger partial charge in [-0.15, -0.1) is 0 Å². The predicted molar refractivity (Wildman–Crippen MR) is 48.0 cm³/mol. The van der Waals surface area contributed by atoms with Crippen molar-refractivity contribution in [2.45, 2.75) is 6.42 Å². The lowest BCUT2D eigenvalue weighted by atomic mass is 10.6. The quantitative estimate of drug-likeness (QED) is 0.490. The van der Waals surface area contributed by atoms with Gasteiger partial charge >= 0.3 is 0 Å². The van der Waals surface area contributed by atoms with Gasteiger partial charge < -0.3 is 17.0 Å². The Labute approximate surface area is 78.0 Å². The first-order valence-electron chi connectivity index (χ1n) is 2.93. The highest BCUT2D eigenvalue weighted by Crippen LogP contribution is 2.46. The van der Waals surface area contributed by atoms with Gasteiger partial charge in [-0.25, -0.2) is 0 Å². The van der Waals surface area contributed by atoms with Gasteiger partial charge in [0.2, 0.25) is 0 Å². The first-order valence-corrected chi connectivity index (χ1v) is 7.36. The standard InChI is InChI=1S/C6H15BrP.BrH/c1-8(2,3)6-4-5-7;/h4-6H2,1-3H3;1H/q+1;/p-1. The lowest BCUT2D eigenvalue weighted by Gasteiger charge is -2.09. The molecule has 0 aromatic heterocycles. The van der Waals surface area contributed by atoms with Crippen molar-refractivity contribution in [1.29, 1.82) is 0 Å². The first-order chi connectivity index (χ1) is 3.56. The minimum atomic E-state index is -0.462. The summed E-state index contributed by atoms with van der Waals surface area (Å²) >= 11 is 3.42. The summed E-state index contributed by atoms with van der Waals surface area (Å²) in [6.07, 6.45) is 2.77. The van der Waals surface area contributed by atoms with Gasteiger partial charge in [-0.1, -0.05) is 15.9 Å². The van der Waals surface area contributed by atoms with Crippen molar-refractivity contribution in [1.82, 2.24) is 0 Å². The van der Waals surface area contributed by atoms with Crippen LogP contribution >= 0.6 is 23.2 Å². The molecule has 0 bridgehead atoms. The Morgan fingerprint density at radius 3 is 1.78 bits per heavy atom. The van der Waals surface area contributed by atoms with E-state index in [4.69, 9.17) is 0 Å². The third kappa shape index (κ3) is 12.6. The van der Waals surface area contributed by atoms with Crippen LogP contribution in [0, 0.1) is 0 Å². The summed E-state index contributed by atoms with van der Waals surface area (Å²) < 4.78 is 0. The van der Waals surface area contributed by atoms with E-state index in [0.717, 1.165) is 0 Å². The van der Waals surface area contributed by atoms with Crippen molar-refractivity contribution in [3.05, 3.63) is 0 Å². The van der Waals surface area contributed by atoms with Gasteiger partial charge in [0, 0.05) is 32.6 Å². The second kappa shape index (κ2) is 6.12. The molecule has 0 fully saturated rings. The Morgan fingerprint density at radius 2 is 1.67 bits per heavy atom. The lowest BCUT2D eigenvalue weighted by molar-refractivity contribution is -0.00000194. The zero-order chi connectivity index (χ0) is 6.62. The molecule has 0 aliphatic heterocycles. The monoisotopic (exact) mass is 276 g/mol. The van der Waals surface area contributed by atoms with Crippen molar-refractivity contribution >= 4 is 23.2 Å². The number of alkyl halides is 1. The molecule has 0 spiro atoms. The SMILES string of the molecule is C[P+](C)(C)CCCBr.[Br-]. The third-order valence-corrected chi connectivity index (χ3v) is 3.18. The van der Waals surface area contributed by atoms with Crippen molar-refractivity contribution in [2.75, 3.05) is 31.5 Å². The summed E-state index contributed by atoms with van der Waals surface area (Å²) in [5.74, 6) is 0. The van der Waals surface area contributed by atoms with E-state index in [-0.39, 0.29) is 17.0 Å². The molecule has 0 N–H and O–H groups in total. The van der Waals surface area contributed by atoms with Crippen molar-refractivity contribution in [3.63, 3.8) is 0 Å². The molecule has 0 amide bonds. The highest BCUT2D eigenvalue weighted by molar-refractivity contribution is 9.09. The van der Waals surface area contributed by atoms with Crippen LogP contribution in [0.15, 0.2) is 0 Å². The summed E-state index contributed by atoms with van der Waals surface area (Å²) in [5.41, 5.74) is 0. The third-order valence-electron chi connectivity index (χ3n) is 0.963. The van der Waals surface area contributed by atoms with Gasteiger partial charge in [0.05, 0.1) is 6.16 Å². The molecule has 0 unspecified atom stereocenters. The molecule has 0 heterocycles. The molecule has 58 valence electrons. The van der Waals surface area contributed by atoms with E-state index in [1.807, 2.05) is 0 Å². The molecule has 0 aromatic rings. The van der Waals surface area contributed by atoms with E-state index in [1.165, 1.54) is 17.9 Å². The Hall–Kier alpha value is 1.39. The Kier molecular flexibility index (Phi) is 8.85. The van der Waals surface area contributed by atoms with Gasteiger partial charge in [0.25, 0.3) is 0 Å². The second-order valence-electron chi connectivity index (χ2n) is 3.06. The van der Waals surface area contributed by atoms with Crippen LogP contribution in [0.5, 0.6) is 0 Å². The molecule has 0 aliphatic carbocycles. The largest absolute Gasteiger partial charge is 1.00 e. The van der Waals surface area contributed by atoms with E-state index in [2.05, 4.69) is 35.9 Å². The maximum absolute atomic E-state index is 3.42. The normalized spacial score (nSPS) is 10.7. The molecule has 0 rings (SSSR count). The number of rotatable bonds is 3. The van der Waals surface area contributed by atoms with Crippen LogP contribution in [-0.4, -0.2) is 31.5 Å². The summed E-state index contributed by atoms with van der Waals surface area (Å²) in [6, 6.07) is 0. The average molecular weight is 278 g/mol. The van der Waals surface area contributed by atoms with Gasteiger partial charge in [-0.05, 0) is 6.42 Å². The molecule has 0 nitrogen and oxygen atoms in total. The fourth-order valence-electron chi connectivity index (χ4n) is 0.534. The van der Waals surface area contributed by atoms with Crippen LogP contribution in [0.25, 0.3) is 0 Å². The Bertz CT molecular complexity index is 58.6. The first kappa shape index (κ1) is 13.0. The highest BCUT2D eigenvalue weighted by atomic mass is 79.9. The molecule has 0 saturated carbocycles. The molecule has 0 aliphatic rings. The fourth-order valence-corrected chi connectivity index (χ4v) is 2.35. The average Bonchev–Trinajstić information content (AvgIpc) is 1.59. The van der Waals surface area contributed by atoms with Crippen molar-refractivity contribution in [3.8, 4) is 0 Å². The maximum atomic E-state index is 3.42. The maximum Gasteiger partial charge on any atom is 0.0594 e. The van der Waals surface area contributed by atoms with E-state index >= 15 is 0 Å². The van der Waals surface area contributed by atoms with Crippen LogP contribution in [0.2, 0.25) is 0 Å². The molecule has 0 atom stereocenters. The Balaban J connectivity index is 0. The van der Waals surface area contributed by atoms with Crippen molar-refractivity contribution in [2.24, 2.45) is 0 Å². The highest BCUT2D eigenvalue weighted by Gasteiger charge is 2.14. The fraction of sp³-hybridized carbons (Fsp3) is 1.00. The Morgan fingerprint density at radius 1 is 1.22 bits per heavy atom. The van der Waals surface area contributed by atoms with Gasteiger partial charge in [0.1, 0.15) is 0 Å². The number of hydrogen-bond acceptors (Lipinski definition) is 0. The van der Waals surface area contributed by atoms with Gasteiger partial charge in [-0.3, -0.25) is 0 Å². The lowest BCUT2D eigenvalue weighted by Crippen LogP contribution is -3.00. The topological polar surface area (TPSA) is 0 Å². The van der Waals surface area contributed by atoms with Crippen LogP contribution < -0.4 is 17.0 Å². The minimum Gasteiger partial charge on any atom is -1.00 e. The molecular formula is C6H15Br2P. The van der Waals surface area contributed by atoms with Crippen molar-refractivity contribution < 1.29 is 17.0 Å².